The summed E-state index contributed by atoms with van der Waals surface area (Å²) in [5.74, 6) is -5.20. The first-order chi connectivity index (χ1) is 23.9. The number of rotatable bonds is 13. The molecule has 4 amide bonds. The van der Waals surface area contributed by atoms with Gasteiger partial charge in [0.1, 0.15) is 59.8 Å². The molecule has 5 heterocycles. The number of hydrogen-bond acceptors (Lipinski definition) is 18. The number of carbonyl (C=O) groups is 6. The molecular formula is C26H26N10O10S4. The molecule has 0 saturated carbocycles. The lowest BCUT2D eigenvalue weighted by Gasteiger charge is -2.48. The summed E-state index contributed by atoms with van der Waals surface area (Å²) in [4.78, 5) is 95.3. The van der Waals surface area contributed by atoms with Crippen LogP contribution < -0.4 is 27.0 Å². The third-order valence-electron chi connectivity index (χ3n) is 6.85. The van der Waals surface area contributed by atoms with Crippen molar-refractivity contribution in [2.45, 2.75) is 22.8 Å². The standard InChI is InChI=1S/C26H26N10O10S4/c1-45-34-13(10-7-49-25(27)29-10)17(37)31-15(20-28-9(23(41)42)3-5-47-20)19(39)33-26-30-11(8-50-26)14(35-46-2)18(38)32-16-21(40)36-12(24(43)44)4-6-48-22(16)36/h3-4,7-8,15-16,20,22,28H,5-6H2,1-2H3,(H2,27,29)(H,31,37)(H,32,38)(H,41,42)(H,43,44)(H,30,33,39)/b34-13-,35-14-/t15-,16-,20-,22-/m1/s1. The van der Waals surface area contributed by atoms with Crippen molar-refractivity contribution in [2.75, 3.05) is 36.8 Å². The maximum Gasteiger partial charge on any atom is 0.352 e. The Morgan fingerprint density at radius 1 is 0.980 bits per heavy atom. The van der Waals surface area contributed by atoms with Crippen LogP contribution in [0.15, 0.2) is 44.6 Å². The van der Waals surface area contributed by atoms with Crippen molar-refractivity contribution >= 4 is 103 Å². The summed E-state index contributed by atoms with van der Waals surface area (Å²) in [7, 11) is 2.39. The molecular weight excluding hydrogens is 741 g/mol. The lowest BCUT2D eigenvalue weighted by Crippen LogP contribution is -2.70. The number of hydrogen-bond donors (Lipinski definition) is 7. The van der Waals surface area contributed by atoms with Crippen LogP contribution in [0.4, 0.5) is 10.3 Å². The Bertz CT molecular complexity index is 1860. The topological polar surface area (TPSA) is 289 Å². The van der Waals surface area contributed by atoms with E-state index in [4.69, 9.17) is 15.4 Å². The molecule has 4 atom stereocenters. The van der Waals surface area contributed by atoms with E-state index in [1.165, 1.54) is 48.9 Å². The van der Waals surface area contributed by atoms with Gasteiger partial charge in [-0.1, -0.05) is 10.3 Å². The number of aliphatic carboxylic acids is 2. The molecule has 0 radical (unpaired) electrons. The van der Waals surface area contributed by atoms with Crippen molar-refractivity contribution < 1.29 is 48.7 Å². The third-order valence-corrected chi connectivity index (χ3v) is 10.6. The van der Waals surface area contributed by atoms with E-state index in [0.717, 1.165) is 39.3 Å². The predicted molar refractivity (Wildman–Crippen MR) is 182 cm³/mol. The number of oxime groups is 2. The average Bonchev–Trinajstić information content (AvgIpc) is 3.75. The van der Waals surface area contributed by atoms with Crippen LogP contribution >= 0.6 is 46.2 Å². The molecule has 8 N–H and O–H groups in total. The van der Waals surface area contributed by atoms with E-state index in [2.05, 4.69) is 41.5 Å². The van der Waals surface area contributed by atoms with E-state index >= 15 is 0 Å². The van der Waals surface area contributed by atoms with Gasteiger partial charge in [-0.3, -0.25) is 24.1 Å². The molecule has 264 valence electrons. The monoisotopic (exact) mass is 766 g/mol. The smallest absolute Gasteiger partial charge is 0.352 e. The van der Waals surface area contributed by atoms with E-state index < -0.39 is 58.4 Å². The Morgan fingerprint density at radius 3 is 2.28 bits per heavy atom. The second-order valence-electron chi connectivity index (χ2n) is 9.89. The van der Waals surface area contributed by atoms with Crippen molar-refractivity contribution in [3.05, 3.63) is 45.7 Å². The number of carboxylic acid groups (broad SMARTS) is 2. The van der Waals surface area contributed by atoms with Gasteiger partial charge in [-0.15, -0.1) is 46.2 Å². The minimum atomic E-state index is -1.43. The van der Waals surface area contributed by atoms with Gasteiger partial charge in [0, 0.05) is 22.3 Å². The van der Waals surface area contributed by atoms with Gasteiger partial charge in [-0.2, -0.15) is 0 Å². The van der Waals surface area contributed by atoms with Crippen molar-refractivity contribution in [1.82, 2.24) is 30.8 Å². The number of carbonyl (C=O) groups excluding carboxylic acids is 4. The van der Waals surface area contributed by atoms with Crippen molar-refractivity contribution in [1.29, 1.82) is 0 Å². The van der Waals surface area contributed by atoms with E-state index in [1.807, 2.05) is 0 Å². The second-order valence-corrected chi connectivity index (χ2v) is 14.0. The molecule has 24 heteroatoms. The van der Waals surface area contributed by atoms with Crippen LogP contribution in [-0.4, -0.2) is 121 Å². The predicted octanol–water partition coefficient (Wildman–Crippen LogP) is -0.994. The number of nitrogens with one attached hydrogen (secondary N) is 4. The number of thiazole rings is 2. The number of carboxylic acids is 2. The highest BCUT2D eigenvalue weighted by Gasteiger charge is 2.53. The molecule has 2 aromatic heterocycles. The minimum Gasteiger partial charge on any atom is -0.477 e. The number of fused-ring (bicyclic) bond motifs is 1. The van der Waals surface area contributed by atoms with Gasteiger partial charge in [0.05, 0.1) is 0 Å². The first kappa shape index (κ1) is 36.1. The third kappa shape index (κ3) is 7.66. The summed E-state index contributed by atoms with van der Waals surface area (Å²) >= 11 is 4.34. The molecule has 0 spiro atoms. The second kappa shape index (κ2) is 15.6. The normalized spacial score (nSPS) is 20.9. The summed E-state index contributed by atoms with van der Waals surface area (Å²) in [6, 6.07) is -2.47. The fourth-order valence-electron chi connectivity index (χ4n) is 4.66. The van der Waals surface area contributed by atoms with E-state index in [1.54, 1.807) is 0 Å². The van der Waals surface area contributed by atoms with E-state index in [9.17, 15) is 39.0 Å². The quantitative estimate of drug-likeness (QED) is 0.0731. The molecule has 0 aliphatic carbocycles. The Morgan fingerprint density at radius 2 is 1.64 bits per heavy atom. The maximum absolute atomic E-state index is 13.7. The van der Waals surface area contributed by atoms with Gasteiger partial charge >= 0.3 is 11.9 Å². The number of nitrogens with two attached hydrogens (primary N) is 1. The number of anilines is 2. The summed E-state index contributed by atoms with van der Waals surface area (Å²) in [5.41, 5.74) is 4.73. The van der Waals surface area contributed by atoms with Crippen LogP contribution in [0.5, 0.6) is 0 Å². The van der Waals surface area contributed by atoms with Crippen LogP contribution in [0.2, 0.25) is 0 Å². The fourth-order valence-corrected chi connectivity index (χ4v) is 8.17. The molecule has 20 nitrogen and oxygen atoms in total. The number of thioether (sulfide) groups is 2. The zero-order valence-electron chi connectivity index (χ0n) is 25.6. The minimum absolute atomic E-state index is 0.0429. The molecule has 3 aliphatic rings. The zero-order valence-corrected chi connectivity index (χ0v) is 28.9. The fraction of sp³-hybridized carbons (Fsp3) is 0.308. The van der Waals surface area contributed by atoms with Crippen molar-refractivity contribution in [3.63, 3.8) is 0 Å². The average molecular weight is 767 g/mol. The van der Waals surface area contributed by atoms with Gasteiger partial charge in [0.15, 0.2) is 21.7 Å². The summed E-state index contributed by atoms with van der Waals surface area (Å²) in [6.07, 6.45) is 2.82. The molecule has 50 heavy (non-hydrogen) atoms. The van der Waals surface area contributed by atoms with Crippen LogP contribution in [0, 0.1) is 0 Å². The van der Waals surface area contributed by atoms with Crippen molar-refractivity contribution in [2.24, 2.45) is 10.3 Å². The number of nitrogens with zero attached hydrogens (tertiary/aromatic N) is 5. The first-order valence-electron chi connectivity index (χ1n) is 13.9. The lowest BCUT2D eigenvalue weighted by atomic mass is 10.0. The largest absolute Gasteiger partial charge is 0.477 e. The van der Waals surface area contributed by atoms with Crippen LogP contribution in [0.25, 0.3) is 0 Å². The first-order valence-corrected chi connectivity index (χ1v) is 17.8. The van der Waals surface area contributed by atoms with E-state index in [0.29, 0.717) is 5.75 Å². The lowest BCUT2D eigenvalue weighted by molar-refractivity contribution is -0.150. The molecule has 3 aliphatic heterocycles. The highest BCUT2D eigenvalue weighted by molar-refractivity contribution is 8.00. The molecule has 5 rings (SSSR count). The number of nitrogen functional groups attached to an aromatic ring is 1. The Labute approximate surface area is 297 Å². The van der Waals surface area contributed by atoms with Crippen molar-refractivity contribution in [3.8, 4) is 0 Å². The molecule has 2 aromatic rings. The maximum atomic E-state index is 13.7. The van der Waals surface area contributed by atoms with Gasteiger partial charge in [-0.25, -0.2) is 19.6 Å². The number of amides is 4. The molecule has 1 fully saturated rings. The van der Waals surface area contributed by atoms with Gasteiger partial charge in [0.2, 0.25) is 0 Å². The molecule has 0 aromatic carbocycles. The summed E-state index contributed by atoms with van der Waals surface area (Å²) in [5, 5.41) is 38.1. The van der Waals surface area contributed by atoms with E-state index in [-0.39, 0.29) is 50.2 Å². The summed E-state index contributed by atoms with van der Waals surface area (Å²) in [6.45, 7) is 0. The molecule has 0 bridgehead atoms. The van der Waals surface area contributed by atoms with Crippen LogP contribution in [0.1, 0.15) is 11.4 Å². The Kier molecular flexibility index (Phi) is 11.2. The number of aromatic nitrogens is 2. The molecule has 0 unspecified atom stereocenters. The SMILES string of the molecule is CO/N=C(\C(=O)N[C@H](C(=O)Nc1nc(/C(=N/OC)C(=O)N[C@@H]2C(=O)N3C(C(=O)O)=CCS[C@H]23)cs1)[C@@H]1NC(C(=O)O)=CCS1)c1csc(N)n1. The zero-order chi connectivity index (χ0) is 36.1. The van der Waals surface area contributed by atoms with Gasteiger partial charge in [-0.05, 0) is 12.2 Å². The van der Waals surface area contributed by atoms with Gasteiger partial charge in [0.25, 0.3) is 23.6 Å². The Balaban J connectivity index is 1.33. The highest BCUT2D eigenvalue weighted by atomic mass is 32.2. The number of β-lactam (4-membered cyclic amide) rings is 1. The highest BCUT2D eigenvalue weighted by Crippen LogP contribution is 2.37. The van der Waals surface area contributed by atoms with Crippen LogP contribution in [-0.2, 0) is 38.4 Å². The summed E-state index contributed by atoms with van der Waals surface area (Å²) < 4.78 is 0. The Hall–Kier alpha value is -5.20. The van der Waals surface area contributed by atoms with Crippen LogP contribution in [0.3, 0.4) is 0 Å². The van der Waals surface area contributed by atoms with Gasteiger partial charge < -0.3 is 46.9 Å². The molecule has 1 saturated heterocycles.